The van der Waals surface area contributed by atoms with Crippen LogP contribution in [0.3, 0.4) is 0 Å². The Kier molecular flexibility index (Phi) is 5.37. The largest absolute Gasteiger partial charge is 0.478 e. The van der Waals surface area contributed by atoms with E-state index in [-0.39, 0.29) is 0 Å². The number of aliphatic carboxylic acids is 1. The van der Waals surface area contributed by atoms with Gasteiger partial charge >= 0.3 is 5.97 Å². The van der Waals surface area contributed by atoms with Gasteiger partial charge in [0.2, 0.25) is 0 Å². The Balaban J connectivity index is 3.91. The van der Waals surface area contributed by atoms with Crippen molar-refractivity contribution in [1.29, 1.82) is 0 Å². The van der Waals surface area contributed by atoms with Crippen LogP contribution in [-0.2, 0) is 9.53 Å². The number of carboxylic acid groups (broad SMARTS) is 1. The van der Waals surface area contributed by atoms with E-state index in [1.807, 2.05) is 13.8 Å². The lowest BCUT2D eigenvalue weighted by Gasteiger charge is -2.03. The predicted molar refractivity (Wildman–Crippen MR) is 47.1 cm³/mol. The van der Waals surface area contributed by atoms with Crippen molar-refractivity contribution >= 4 is 5.97 Å². The molecule has 0 spiro atoms. The smallest absolute Gasteiger partial charge is 0.331 e. The highest BCUT2D eigenvalue weighted by molar-refractivity contribution is 5.86. The van der Waals surface area contributed by atoms with E-state index in [1.165, 1.54) is 0 Å². The molecule has 0 bridgehead atoms. The summed E-state index contributed by atoms with van der Waals surface area (Å²) in [5, 5.41) is 8.61. The number of ether oxygens (including phenoxy) is 1. The van der Waals surface area contributed by atoms with Gasteiger partial charge in [0, 0.05) is 12.2 Å². The van der Waals surface area contributed by atoms with E-state index in [1.54, 1.807) is 6.92 Å². The summed E-state index contributed by atoms with van der Waals surface area (Å²) in [7, 11) is 0. The summed E-state index contributed by atoms with van der Waals surface area (Å²) >= 11 is 0. The highest BCUT2D eigenvalue weighted by atomic mass is 16.5. The number of rotatable bonds is 5. The van der Waals surface area contributed by atoms with Crippen LogP contribution in [0.4, 0.5) is 0 Å². The van der Waals surface area contributed by atoms with Crippen LogP contribution in [-0.4, -0.2) is 24.3 Å². The summed E-state index contributed by atoms with van der Waals surface area (Å²) < 4.78 is 5.11. The van der Waals surface area contributed by atoms with Crippen LogP contribution in [0, 0.1) is 0 Å². The van der Waals surface area contributed by atoms with Crippen LogP contribution in [0.15, 0.2) is 11.1 Å². The molecular weight excluding hydrogens is 156 g/mol. The Bertz CT molecular complexity index is 182. The minimum Gasteiger partial charge on any atom is -0.478 e. The van der Waals surface area contributed by atoms with Crippen LogP contribution in [0.2, 0.25) is 0 Å². The summed E-state index contributed by atoms with van der Waals surface area (Å²) in [6.45, 7) is 6.64. The van der Waals surface area contributed by atoms with Gasteiger partial charge in [0.1, 0.15) is 0 Å². The van der Waals surface area contributed by atoms with Crippen molar-refractivity contribution < 1.29 is 14.6 Å². The number of carbonyl (C=O) groups is 1. The molecule has 0 fully saturated rings. The molecular formula is C9H16O3. The molecule has 0 aliphatic carbocycles. The van der Waals surface area contributed by atoms with E-state index < -0.39 is 5.97 Å². The Morgan fingerprint density at radius 1 is 1.42 bits per heavy atom. The molecule has 0 rings (SSSR count). The lowest BCUT2D eigenvalue weighted by atomic mass is 10.1. The van der Waals surface area contributed by atoms with Crippen LogP contribution < -0.4 is 0 Å². The van der Waals surface area contributed by atoms with E-state index in [2.05, 4.69) is 0 Å². The van der Waals surface area contributed by atoms with E-state index >= 15 is 0 Å². The first-order chi connectivity index (χ1) is 5.59. The second kappa shape index (κ2) is 5.77. The summed E-state index contributed by atoms with van der Waals surface area (Å²) in [5.41, 5.74) is 1.31. The molecule has 0 aliphatic rings. The molecule has 0 radical (unpaired) electrons. The van der Waals surface area contributed by atoms with E-state index in [0.717, 1.165) is 5.57 Å². The minimum atomic E-state index is -0.844. The molecule has 0 saturated carbocycles. The lowest BCUT2D eigenvalue weighted by molar-refractivity contribution is -0.132. The summed E-state index contributed by atoms with van der Waals surface area (Å²) in [6.07, 6.45) is 0.700. The molecule has 70 valence electrons. The van der Waals surface area contributed by atoms with Gasteiger partial charge in [0.15, 0.2) is 0 Å². The van der Waals surface area contributed by atoms with Crippen LogP contribution >= 0.6 is 0 Å². The zero-order chi connectivity index (χ0) is 9.56. The Morgan fingerprint density at radius 2 is 2.00 bits per heavy atom. The molecule has 0 amide bonds. The highest BCUT2D eigenvalue weighted by Crippen LogP contribution is 2.07. The van der Waals surface area contributed by atoms with Crippen LogP contribution in [0.1, 0.15) is 27.2 Å². The first kappa shape index (κ1) is 11.2. The molecule has 1 N–H and O–H groups in total. The maximum atomic E-state index is 10.5. The molecule has 12 heavy (non-hydrogen) atoms. The highest BCUT2D eigenvalue weighted by Gasteiger charge is 2.04. The van der Waals surface area contributed by atoms with Crippen molar-refractivity contribution in [2.75, 3.05) is 13.2 Å². The monoisotopic (exact) mass is 172 g/mol. The number of carboxylic acids is 1. The molecule has 0 aromatic carbocycles. The maximum absolute atomic E-state index is 10.5. The molecule has 0 atom stereocenters. The van der Waals surface area contributed by atoms with Crippen LogP contribution in [0.25, 0.3) is 0 Å². The Morgan fingerprint density at radius 3 is 2.42 bits per heavy atom. The molecule has 0 unspecified atom stereocenters. The van der Waals surface area contributed by atoms with Gasteiger partial charge in [-0.3, -0.25) is 0 Å². The average molecular weight is 172 g/mol. The molecule has 0 aromatic rings. The Hall–Kier alpha value is -0.830. The summed E-state index contributed by atoms with van der Waals surface area (Å²) in [4.78, 5) is 10.5. The van der Waals surface area contributed by atoms with Gasteiger partial charge in [-0.25, -0.2) is 4.79 Å². The van der Waals surface area contributed by atoms with Crippen molar-refractivity contribution in [3.8, 4) is 0 Å². The molecule has 3 heteroatoms. The van der Waals surface area contributed by atoms with Gasteiger partial charge in [0.05, 0.1) is 6.61 Å². The fourth-order valence-electron chi connectivity index (χ4n) is 0.740. The zero-order valence-corrected chi connectivity index (χ0v) is 7.89. The van der Waals surface area contributed by atoms with Gasteiger partial charge in [-0.15, -0.1) is 0 Å². The predicted octanol–water partition coefficient (Wildman–Crippen LogP) is 1.83. The first-order valence-corrected chi connectivity index (χ1v) is 4.07. The molecule has 0 heterocycles. The number of hydrogen-bond donors (Lipinski definition) is 1. The van der Waals surface area contributed by atoms with Gasteiger partial charge in [-0.1, -0.05) is 5.57 Å². The lowest BCUT2D eigenvalue weighted by Crippen LogP contribution is -2.02. The fourth-order valence-corrected chi connectivity index (χ4v) is 0.740. The zero-order valence-electron chi connectivity index (χ0n) is 7.89. The van der Waals surface area contributed by atoms with Gasteiger partial charge in [-0.2, -0.15) is 0 Å². The van der Waals surface area contributed by atoms with E-state index in [4.69, 9.17) is 9.84 Å². The van der Waals surface area contributed by atoms with Crippen LogP contribution in [0.5, 0.6) is 0 Å². The van der Waals surface area contributed by atoms with Crippen molar-refractivity contribution in [3.63, 3.8) is 0 Å². The van der Waals surface area contributed by atoms with E-state index in [0.29, 0.717) is 25.2 Å². The third kappa shape index (κ3) is 4.13. The first-order valence-electron chi connectivity index (χ1n) is 4.07. The Labute approximate surface area is 73.0 Å². The standard InChI is InChI=1S/C9H16O3/c1-4-12-6-5-7(2)8(3)9(10)11/h4-6H2,1-3H3,(H,10,11). The summed E-state index contributed by atoms with van der Waals surface area (Å²) in [5.74, 6) is -0.844. The third-order valence-electron chi connectivity index (χ3n) is 1.79. The third-order valence-corrected chi connectivity index (χ3v) is 1.79. The minimum absolute atomic E-state index is 0.426. The van der Waals surface area contributed by atoms with Gasteiger partial charge < -0.3 is 9.84 Å². The quantitative estimate of drug-likeness (QED) is 0.508. The topological polar surface area (TPSA) is 46.5 Å². The molecule has 0 aliphatic heterocycles. The number of hydrogen-bond acceptors (Lipinski definition) is 2. The molecule has 3 nitrogen and oxygen atoms in total. The van der Waals surface area contributed by atoms with Crippen molar-refractivity contribution in [3.05, 3.63) is 11.1 Å². The fraction of sp³-hybridized carbons (Fsp3) is 0.667. The van der Waals surface area contributed by atoms with E-state index in [9.17, 15) is 4.79 Å². The van der Waals surface area contributed by atoms with Gasteiger partial charge in [-0.05, 0) is 27.2 Å². The van der Waals surface area contributed by atoms with Gasteiger partial charge in [0.25, 0.3) is 0 Å². The average Bonchev–Trinajstić information content (AvgIpc) is 2.03. The van der Waals surface area contributed by atoms with Crippen molar-refractivity contribution in [2.24, 2.45) is 0 Å². The normalized spacial score (nSPS) is 12.6. The maximum Gasteiger partial charge on any atom is 0.331 e. The molecule has 0 saturated heterocycles. The molecule has 0 aromatic heterocycles. The van der Waals surface area contributed by atoms with Crippen molar-refractivity contribution in [1.82, 2.24) is 0 Å². The second-order valence-corrected chi connectivity index (χ2v) is 2.66. The summed E-state index contributed by atoms with van der Waals surface area (Å²) in [6, 6.07) is 0. The SMILES string of the molecule is CCOCCC(C)=C(C)C(=O)O. The second-order valence-electron chi connectivity index (χ2n) is 2.66. The van der Waals surface area contributed by atoms with Crippen molar-refractivity contribution in [2.45, 2.75) is 27.2 Å².